The van der Waals surface area contributed by atoms with Crippen LogP contribution in [0.5, 0.6) is 5.75 Å². The number of fused-ring (bicyclic) bond motifs is 2. The summed E-state index contributed by atoms with van der Waals surface area (Å²) in [5.41, 5.74) is 1.67. The quantitative estimate of drug-likeness (QED) is 0.518. The van der Waals surface area contributed by atoms with Gasteiger partial charge in [0.1, 0.15) is 23.9 Å². The smallest absolute Gasteiger partial charge is 0.251 e. The number of rotatable bonds is 8. The summed E-state index contributed by atoms with van der Waals surface area (Å²) in [6.45, 7) is 8.09. The zero-order chi connectivity index (χ0) is 27.0. The molecule has 0 bridgehead atoms. The first-order valence-electron chi connectivity index (χ1n) is 12.8. The number of carbonyl (C=O) groups excluding carboxylic acids is 3. The maximum atomic E-state index is 15.1. The normalized spacial score (nSPS) is 19.4. The van der Waals surface area contributed by atoms with E-state index >= 15 is 4.39 Å². The fraction of sp³-hybridized carbons (Fsp3) is 0.483. The SMILES string of the molecule is CCOc1ccc2c(c1)CCN(C(=O)CC(C)(O)CC=O)C2C(=O)Nc1cc(F)c2c(c1)CCC2(C)C. The molecular formula is C29H35FN2O5. The Labute approximate surface area is 217 Å². The van der Waals surface area contributed by atoms with E-state index in [1.807, 2.05) is 32.9 Å². The van der Waals surface area contributed by atoms with Gasteiger partial charge in [0.15, 0.2) is 0 Å². The highest BCUT2D eigenvalue weighted by Gasteiger charge is 2.39. The third-order valence-electron chi connectivity index (χ3n) is 7.41. The molecule has 8 heteroatoms. The predicted molar refractivity (Wildman–Crippen MR) is 138 cm³/mol. The van der Waals surface area contributed by atoms with Crippen molar-refractivity contribution in [1.82, 2.24) is 4.90 Å². The van der Waals surface area contributed by atoms with Crippen LogP contribution in [0.1, 0.15) is 75.3 Å². The van der Waals surface area contributed by atoms with E-state index in [4.69, 9.17) is 4.74 Å². The van der Waals surface area contributed by atoms with Gasteiger partial charge in [-0.1, -0.05) is 19.9 Å². The van der Waals surface area contributed by atoms with E-state index in [2.05, 4.69) is 5.32 Å². The van der Waals surface area contributed by atoms with E-state index in [1.165, 1.54) is 17.9 Å². The minimum Gasteiger partial charge on any atom is -0.494 e. The van der Waals surface area contributed by atoms with Gasteiger partial charge in [0.2, 0.25) is 5.91 Å². The van der Waals surface area contributed by atoms with Gasteiger partial charge in [0.05, 0.1) is 18.6 Å². The molecule has 2 aromatic rings. The summed E-state index contributed by atoms with van der Waals surface area (Å²) < 4.78 is 20.7. The maximum Gasteiger partial charge on any atom is 0.251 e. The summed E-state index contributed by atoms with van der Waals surface area (Å²) in [6.07, 6.45) is 2.14. The van der Waals surface area contributed by atoms with Gasteiger partial charge in [-0.05, 0) is 85.0 Å². The lowest BCUT2D eigenvalue weighted by Gasteiger charge is -2.38. The number of nitrogens with one attached hydrogen (secondary N) is 1. The van der Waals surface area contributed by atoms with E-state index < -0.39 is 23.5 Å². The van der Waals surface area contributed by atoms with E-state index in [1.54, 1.807) is 12.1 Å². The number of aryl methyl sites for hydroxylation is 1. The number of hydrogen-bond donors (Lipinski definition) is 2. The molecule has 2 N–H and O–H groups in total. The lowest BCUT2D eigenvalue weighted by molar-refractivity contribution is -0.143. The molecule has 1 heterocycles. The van der Waals surface area contributed by atoms with Crippen molar-refractivity contribution in [2.45, 2.75) is 76.9 Å². The third-order valence-corrected chi connectivity index (χ3v) is 7.41. The first kappa shape index (κ1) is 26.8. The third kappa shape index (κ3) is 5.54. The van der Waals surface area contributed by atoms with Crippen molar-refractivity contribution < 1.29 is 28.6 Å². The second-order valence-electron chi connectivity index (χ2n) is 10.9. The van der Waals surface area contributed by atoms with Crippen LogP contribution in [-0.4, -0.2) is 46.9 Å². The fourth-order valence-electron chi connectivity index (χ4n) is 5.56. The summed E-state index contributed by atoms with van der Waals surface area (Å²) in [6, 6.07) is 7.59. The van der Waals surface area contributed by atoms with Gasteiger partial charge in [0.25, 0.3) is 5.91 Å². The second kappa shape index (κ2) is 10.2. The molecule has 0 saturated carbocycles. The molecule has 2 aliphatic rings. The first-order chi connectivity index (χ1) is 17.5. The molecule has 4 rings (SSSR count). The molecule has 0 fully saturated rings. The number of nitrogens with zero attached hydrogens (tertiary/aromatic N) is 1. The van der Waals surface area contributed by atoms with Crippen molar-refractivity contribution in [2.75, 3.05) is 18.5 Å². The van der Waals surface area contributed by atoms with Crippen LogP contribution in [0.3, 0.4) is 0 Å². The van der Waals surface area contributed by atoms with Crippen LogP contribution in [0.25, 0.3) is 0 Å². The lowest BCUT2D eigenvalue weighted by Crippen LogP contribution is -2.47. The summed E-state index contributed by atoms with van der Waals surface area (Å²) in [4.78, 5) is 39.4. The number of halogens is 1. The largest absolute Gasteiger partial charge is 0.494 e. The second-order valence-corrected chi connectivity index (χ2v) is 10.9. The highest BCUT2D eigenvalue weighted by Crippen LogP contribution is 2.41. The highest BCUT2D eigenvalue weighted by molar-refractivity contribution is 5.98. The molecule has 2 unspecified atom stereocenters. The number of anilines is 1. The molecule has 2 amide bonds. The van der Waals surface area contributed by atoms with E-state index in [-0.39, 0.29) is 30.6 Å². The number of ether oxygens (including phenoxy) is 1. The van der Waals surface area contributed by atoms with Gasteiger partial charge in [0, 0.05) is 18.7 Å². The topological polar surface area (TPSA) is 95.9 Å². The summed E-state index contributed by atoms with van der Waals surface area (Å²) >= 11 is 0. The van der Waals surface area contributed by atoms with Crippen molar-refractivity contribution in [1.29, 1.82) is 0 Å². The zero-order valence-electron chi connectivity index (χ0n) is 21.9. The van der Waals surface area contributed by atoms with Crippen molar-refractivity contribution in [3.05, 3.63) is 58.4 Å². The van der Waals surface area contributed by atoms with Gasteiger partial charge in [-0.2, -0.15) is 0 Å². The molecule has 2 atom stereocenters. The maximum absolute atomic E-state index is 15.1. The van der Waals surface area contributed by atoms with Gasteiger partial charge in [-0.15, -0.1) is 0 Å². The Morgan fingerprint density at radius 1 is 1.24 bits per heavy atom. The van der Waals surface area contributed by atoms with E-state index in [0.29, 0.717) is 41.9 Å². The monoisotopic (exact) mass is 510 g/mol. The Balaban J connectivity index is 1.67. The van der Waals surface area contributed by atoms with Gasteiger partial charge in [-0.3, -0.25) is 9.59 Å². The number of aliphatic hydroxyl groups is 1. The number of carbonyl (C=O) groups is 3. The average Bonchev–Trinajstić information content (AvgIpc) is 3.12. The van der Waals surface area contributed by atoms with Gasteiger partial charge in [-0.25, -0.2) is 4.39 Å². The molecule has 1 aliphatic heterocycles. The van der Waals surface area contributed by atoms with E-state index in [9.17, 15) is 19.5 Å². The Kier molecular flexibility index (Phi) is 7.42. The molecule has 0 aromatic heterocycles. The minimum absolute atomic E-state index is 0.192. The van der Waals surface area contributed by atoms with Crippen LogP contribution in [0.4, 0.5) is 10.1 Å². The molecule has 198 valence electrons. The Morgan fingerprint density at radius 3 is 2.70 bits per heavy atom. The molecule has 0 spiro atoms. The number of benzene rings is 2. The van der Waals surface area contributed by atoms with Crippen LogP contribution >= 0.6 is 0 Å². The molecule has 0 saturated heterocycles. The van der Waals surface area contributed by atoms with Crippen molar-refractivity contribution in [3.8, 4) is 5.75 Å². The number of hydrogen-bond acceptors (Lipinski definition) is 5. The Hall–Kier alpha value is -3.26. The Morgan fingerprint density at radius 2 is 2.00 bits per heavy atom. The van der Waals surface area contributed by atoms with Crippen LogP contribution in [0, 0.1) is 5.82 Å². The molecule has 0 radical (unpaired) electrons. The van der Waals surface area contributed by atoms with Crippen molar-refractivity contribution in [3.63, 3.8) is 0 Å². The predicted octanol–water partition coefficient (Wildman–Crippen LogP) is 4.24. The fourth-order valence-corrected chi connectivity index (χ4v) is 5.56. The van der Waals surface area contributed by atoms with Crippen LogP contribution < -0.4 is 10.1 Å². The van der Waals surface area contributed by atoms with Gasteiger partial charge >= 0.3 is 0 Å². The molecular weight excluding hydrogens is 475 g/mol. The van der Waals surface area contributed by atoms with Crippen molar-refractivity contribution >= 4 is 23.8 Å². The number of amides is 2. The Bertz CT molecular complexity index is 1220. The van der Waals surface area contributed by atoms with Gasteiger partial charge < -0.3 is 24.9 Å². The van der Waals surface area contributed by atoms with Crippen LogP contribution in [0.15, 0.2) is 30.3 Å². The molecule has 2 aromatic carbocycles. The van der Waals surface area contributed by atoms with Crippen molar-refractivity contribution in [2.24, 2.45) is 0 Å². The van der Waals surface area contributed by atoms with E-state index in [0.717, 1.165) is 24.0 Å². The molecule has 1 aliphatic carbocycles. The molecule has 37 heavy (non-hydrogen) atoms. The molecule has 7 nitrogen and oxygen atoms in total. The van der Waals surface area contributed by atoms with Crippen LogP contribution in [-0.2, 0) is 32.6 Å². The number of aldehydes is 1. The summed E-state index contributed by atoms with van der Waals surface area (Å²) in [5.74, 6) is -0.575. The zero-order valence-corrected chi connectivity index (χ0v) is 21.9. The highest BCUT2D eigenvalue weighted by atomic mass is 19.1. The summed E-state index contributed by atoms with van der Waals surface area (Å²) in [7, 11) is 0. The van der Waals surface area contributed by atoms with Crippen LogP contribution in [0.2, 0.25) is 0 Å². The lowest BCUT2D eigenvalue weighted by atomic mass is 9.86. The average molecular weight is 511 g/mol. The minimum atomic E-state index is -1.52. The standard InChI is InChI=1S/C29H35FN2O5/c1-5-37-21-6-7-22-18(15-21)9-12-32(24(34)17-29(4,36)11-13-33)26(22)27(35)31-20-14-19-8-10-28(2,3)25(19)23(30)16-20/h6-7,13-16,26,36H,5,8-12,17H2,1-4H3,(H,31,35). The first-order valence-corrected chi connectivity index (χ1v) is 12.8. The summed E-state index contributed by atoms with van der Waals surface area (Å²) in [5, 5.41) is 13.3.